The summed E-state index contributed by atoms with van der Waals surface area (Å²) in [7, 11) is 1.58. The first kappa shape index (κ1) is 14.8. The van der Waals surface area contributed by atoms with E-state index in [1.54, 1.807) is 25.6 Å². The number of benzene rings is 1. The molecule has 2 aromatic rings. The van der Waals surface area contributed by atoms with Crippen LogP contribution >= 0.6 is 15.9 Å². The molecule has 0 aliphatic carbocycles. The van der Waals surface area contributed by atoms with Gasteiger partial charge in [-0.1, -0.05) is 22.0 Å². The summed E-state index contributed by atoms with van der Waals surface area (Å²) in [6, 6.07) is 7.28. The Balaban J connectivity index is 2.35. The van der Waals surface area contributed by atoms with Crippen molar-refractivity contribution in [2.45, 2.75) is 13.0 Å². The summed E-state index contributed by atoms with van der Waals surface area (Å²) in [5.74, 6) is 1.26. The number of ether oxygens (including phenoxy) is 2. The van der Waals surface area contributed by atoms with E-state index in [9.17, 15) is 5.11 Å². The molecule has 0 aliphatic heterocycles. The first-order chi connectivity index (χ1) is 9.65. The number of rotatable bonds is 5. The molecule has 0 radical (unpaired) electrons. The molecule has 1 unspecified atom stereocenters. The number of aliphatic hydroxyl groups is 1. The van der Waals surface area contributed by atoms with Crippen molar-refractivity contribution >= 4 is 15.9 Å². The fourth-order valence-electron chi connectivity index (χ4n) is 1.92. The molecule has 20 heavy (non-hydrogen) atoms. The van der Waals surface area contributed by atoms with Crippen molar-refractivity contribution in [3.8, 4) is 11.5 Å². The highest BCUT2D eigenvalue weighted by atomic mass is 79.9. The first-order valence-electron chi connectivity index (χ1n) is 6.25. The number of hydrogen-bond donors (Lipinski definition) is 1. The molecule has 0 amide bonds. The van der Waals surface area contributed by atoms with E-state index in [0.29, 0.717) is 29.2 Å². The van der Waals surface area contributed by atoms with Crippen LogP contribution in [0, 0.1) is 0 Å². The van der Waals surface area contributed by atoms with Crippen LogP contribution in [0.25, 0.3) is 0 Å². The molecule has 0 aliphatic rings. The van der Waals surface area contributed by atoms with Crippen molar-refractivity contribution in [3.05, 3.63) is 52.3 Å². The molecule has 5 heteroatoms. The van der Waals surface area contributed by atoms with E-state index in [1.165, 1.54) is 0 Å². The second-order valence-corrected chi connectivity index (χ2v) is 5.09. The minimum absolute atomic E-state index is 0.558. The highest BCUT2D eigenvalue weighted by molar-refractivity contribution is 9.10. The van der Waals surface area contributed by atoms with E-state index in [-0.39, 0.29) is 0 Å². The van der Waals surface area contributed by atoms with Crippen molar-refractivity contribution in [2.24, 2.45) is 0 Å². The SMILES string of the molecule is CCOc1cncc(C(O)c2ccc(Br)cc2OC)c1. The highest BCUT2D eigenvalue weighted by Crippen LogP contribution is 2.32. The Kier molecular flexibility index (Phi) is 4.98. The number of halogens is 1. The normalized spacial score (nSPS) is 12.0. The highest BCUT2D eigenvalue weighted by Gasteiger charge is 2.16. The van der Waals surface area contributed by atoms with Gasteiger partial charge in [0.15, 0.2) is 0 Å². The van der Waals surface area contributed by atoms with Gasteiger partial charge in [-0.15, -0.1) is 0 Å². The second kappa shape index (κ2) is 6.72. The summed E-state index contributed by atoms with van der Waals surface area (Å²) in [5.41, 5.74) is 1.35. The van der Waals surface area contributed by atoms with Gasteiger partial charge in [0.25, 0.3) is 0 Å². The van der Waals surface area contributed by atoms with E-state index in [1.807, 2.05) is 25.1 Å². The number of methoxy groups -OCH3 is 1. The van der Waals surface area contributed by atoms with Gasteiger partial charge in [-0.05, 0) is 25.1 Å². The Morgan fingerprint density at radius 2 is 2.10 bits per heavy atom. The van der Waals surface area contributed by atoms with E-state index in [4.69, 9.17) is 9.47 Å². The van der Waals surface area contributed by atoms with E-state index in [0.717, 1.165) is 4.47 Å². The lowest BCUT2D eigenvalue weighted by Crippen LogP contribution is -2.04. The molecule has 1 heterocycles. The number of pyridine rings is 1. The average Bonchev–Trinajstić information content (AvgIpc) is 2.47. The zero-order valence-corrected chi connectivity index (χ0v) is 12.9. The van der Waals surface area contributed by atoms with Crippen LogP contribution in [0.15, 0.2) is 41.1 Å². The van der Waals surface area contributed by atoms with E-state index >= 15 is 0 Å². The summed E-state index contributed by atoms with van der Waals surface area (Å²) in [6.45, 7) is 2.46. The summed E-state index contributed by atoms with van der Waals surface area (Å²) < 4.78 is 11.6. The Hall–Kier alpha value is -1.59. The first-order valence-corrected chi connectivity index (χ1v) is 7.04. The van der Waals surface area contributed by atoms with Crippen LogP contribution in [0.2, 0.25) is 0 Å². The molecule has 1 aromatic carbocycles. The number of aromatic nitrogens is 1. The number of aliphatic hydroxyl groups excluding tert-OH is 1. The van der Waals surface area contributed by atoms with Crippen LogP contribution in [0.4, 0.5) is 0 Å². The Labute approximate surface area is 126 Å². The third-order valence-corrected chi connectivity index (χ3v) is 3.34. The topological polar surface area (TPSA) is 51.6 Å². The fraction of sp³-hybridized carbons (Fsp3) is 0.267. The standard InChI is InChI=1S/C15H16BrNO3/c1-3-20-12-6-10(8-17-9-12)15(18)13-5-4-11(16)7-14(13)19-2/h4-9,15,18H,3H2,1-2H3. The number of hydrogen-bond acceptors (Lipinski definition) is 4. The molecular formula is C15H16BrNO3. The van der Waals surface area contributed by atoms with Gasteiger partial charge < -0.3 is 14.6 Å². The van der Waals surface area contributed by atoms with Crippen LogP contribution in [0.3, 0.4) is 0 Å². The maximum Gasteiger partial charge on any atom is 0.137 e. The zero-order valence-electron chi connectivity index (χ0n) is 11.3. The number of nitrogens with zero attached hydrogens (tertiary/aromatic N) is 1. The minimum atomic E-state index is -0.814. The molecule has 1 N–H and O–H groups in total. The molecule has 1 aromatic heterocycles. The molecule has 0 saturated carbocycles. The molecule has 4 nitrogen and oxygen atoms in total. The van der Waals surface area contributed by atoms with Gasteiger partial charge in [-0.3, -0.25) is 4.98 Å². The minimum Gasteiger partial charge on any atom is -0.496 e. The van der Waals surface area contributed by atoms with Crippen LogP contribution in [-0.4, -0.2) is 23.8 Å². The van der Waals surface area contributed by atoms with Gasteiger partial charge >= 0.3 is 0 Å². The predicted octanol–water partition coefficient (Wildman–Crippen LogP) is 3.33. The lowest BCUT2D eigenvalue weighted by atomic mass is 10.0. The van der Waals surface area contributed by atoms with Crippen LogP contribution in [-0.2, 0) is 0 Å². The van der Waals surface area contributed by atoms with Crippen LogP contribution in [0.1, 0.15) is 24.2 Å². The quantitative estimate of drug-likeness (QED) is 0.909. The predicted molar refractivity (Wildman–Crippen MR) is 80.2 cm³/mol. The van der Waals surface area contributed by atoms with Crippen LogP contribution < -0.4 is 9.47 Å². The molecule has 0 bridgehead atoms. The lowest BCUT2D eigenvalue weighted by molar-refractivity contribution is 0.213. The van der Waals surface area contributed by atoms with Crippen molar-refractivity contribution in [1.82, 2.24) is 4.98 Å². The Morgan fingerprint density at radius 3 is 2.80 bits per heavy atom. The molecule has 106 valence electrons. The molecule has 0 fully saturated rings. The zero-order chi connectivity index (χ0) is 14.5. The van der Waals surface area contributed by atoms with Gasteiger partial charge in [0.05, 0.1) is 19.9 Å². The monoisotopic (exact) mass is 337 g/mol. The van der Waals surface area contributed by atoms with Crippen molar-refractivity contribution in [2.75, 3.05) is 13.7 Å². The summed E-state index contributed by atoms with van der Waals surface area (Å²) in [6.07, 6.45) is 2.43. The maximum atomic E-state index is 10.5. The van der Waals surface area contributed by atoms with Crippen molar-refractivity contribution in [3.63, 3.8) is 0 Å². The maximum absolute atomic E-state index is 10.5. The van der Waals surface area contributed by atoms with Crippen molar-refractivity contribution < 1.29 is 14.6 Å². The lowest BCUT2D eigenvalue weighted by Gasteiger charge is -2.16. The fourth-order valence-corrected chi connectivity index (χ4v) is 2.26. The summed E-state index contributed by atoms with van der Waals surface area (Å²) in [4.78, 5) is 4.09. The van der Waals surface area contributed by atoms with Gasteiger partial charge in [-0.2, -0.15) is 0 Å². The third-order valence-electron chi connectivity index (χ3n) is 2.85. The van der Waals surface area contributed by atoms with E-state index < -0.39 is 6.10 Å². The Morgan fingerprint density at radius 1 is 1.30 bits per heavy atom. The molecule has 0 saturated heterocycles. The third kappa shape index (κ3) is 3.29. The second-order valence-electron chi connectivity index (χ2n) is 4.18. The van der Waals surface area contributed by atoms with Crippen molar-refractivity contribution in [1.29, 1.82) is 0 Å². The molecule has 1 atom stereocenters. The Bertz CT molecular complexity index is 589. The molecule has 2 rings (SSSR count). The van der Waals surface area contributed by atoms with Gasteiger partial charge in [-0.25, -0.2) is 0 Å². The summed E-state index contributed by atoms with van der Waals surface area (Å²) in [5, 5.41) is 10.5. The summed E-state index contributed by atoms with van der Waals surface area (Å²) >= 11 is 3.38. The smallest absolute Gasteiger partial charge is 0.137 e. The molecular weight excluding hydrogens is 322 g/mol. The van der Waals surface area contributed by atoms with Gasteiger partial charge in [0.1, 0.15) is 17.6 Å². The van der Waals surface area contributed by atoms with E-state index in [2.05, 4.69) is 20.9 Å². The molecule has 0 spiro atoms. The van der Waals surface area contributed by atoms with Gasteiger partial charge in [0.2, 0.25) is 0 Å². The van der Waals surface area contributed by atoms with Crippen LogP contribution in [0.5, 0.6) is 11.5 Å². The largest absolute Gasteiger partial charge is 0.496 e. The average molecular weight is 338 g/mol. The van der Waals surface area contributed by atoms with Gasteiger partial charge in [0, 0.05) is 21.8 Å².